The van der Waals surface area contributed by atoms with E-state index in [1.807, 2.05) is 0 Å². The first-order valence-electron chi connectivity index (χ1n) is 5.75. The van der Waals surface area contributed by atoms with E-state index in [1.165, 1.54) is 18.4 Å². The Labute approximate surface area is 90.8 Å². The molecule has 0 aromatic carbocycles. The summed E-state index contributed by atoms with van der Waals surface area (Å²) >= 11 is 0. The van der Waals surface area contributed by atoms with Crippen LogP contribution in [-0.4, -0.2) is 0 Å². The molecule has 0 bridgehead atoms. The SMILES string of the molecule is C=C(C)C(CC(C)(C)C)C(C)(C)CC. The molecule has 84 valence electrons. The molecular formula is C14H28. The molecule has 0 nitrogen and oxygen atoms in total. The molecule has 0 aliphatic heterocycles. The quantitative estimate of drug-likeness (QED) is 0.552. The summed E-state index contributed by atoms with van der Waals surface area (Å²) in [6, 6.07) is 0. The Morgan fingerprint density at radius 2 is 1.57 bits per heavy atom. The molecular weight excluding hydrogens is 168 g/mol. The van der Waals surface area contributed by atoms with Crippen LogP contribution in [0.15, 0.2) is 12.2 Å². The van der Waals surface area contributed by atoms with Crippen LogP contribution in [0.2, 0.25) is 0 Å². The van der Waals surface area contributed by atoms with E-state index in [2.05, 4.69) is 55.0 Å². The third kappa shape index (κ3) is 4.30. The van der Waals surface area contributed by atoms with Crippen molar-refractivity contribution in [3.05, 3.63) is 12.2 Å². The fourth-order valence-corrected chi connectivity index (χ4v) is 1.98. The van der Waals surface area contributed by atoms with Crippen molar-refractivity contribution in [3.63, 3.8) is 0 Å². The van der Waals surface area contributed by atoms with Crippen molar-refractivity contribution in [2.24, 2.45) is 16.7 Å². The zero-order valence-electron chi connectivity index (χ0n) is 11.2. The van der Waals surface area contributed by atoms with Crippen molar-refractivity contribution in [1.29, 1.82) is 0 Å². The van der Waals surface area contributed by atoms with Gasteiger partial charge < -0.3 is 0 Å². The van der Waals surface area contributed by atoms with Crippen LogP contribution in [0, 0.1) is 16.7 Å². The first-order valence-corrected chi connectivity index (χ1v) is 5.75. The van der Waals surface area contributed by atoms with E-state index in [0.717, 1.165) is 0 Å². The lowest BCUT2D eigenvalue weighted by Crippen LogP contribution is -2.28. The largest absolute Gasteiger partial charge is 0.0998 e. The summed E-state index contributed by atoms with van der Waals surface area (Å²) < 4.78 is 0. The summed E-state index contributed by atoms with van der Waals surface area (Å²) in [5.41, 5.74) is 2.13. The topological polar surface area (TPSA) is 0 Å². The molecule has 0 aromatic heterocycles. The third-order valence-corrected chi connectivity index (χ3v) is 3.27. The lowest BCUT2D eigenvalue weighted by molar-refractivity contribution is 0.172. The minimum Gasteiger partial charge on any atom is -0.0998 e. The summed E-state index contributed by atoms with van der Waals surface area (Å²) in [7, 11) is 0. The van der Waals surface area contributed by atoms with Gasteiger partial charge in [-0.1, -0.05) is 60.1 Å². The molecule has 0 aliphatic carbocycles. The minimum atomic E-state index is 0.388. The maximum absolute atomic E-state index is 4.15. The molecule has 0 fully saturated rings. The number of hydrogen-bond acceptors (Lipinski definition) is 0. The van der Waals surface area contributed by atoms with Crippen LogP contribution in [0.3, 0.4) is 0 Å². The van der Waals surface area contributed by atoms with Gasteiger partial charge in [0.15, 0.2) is 0 Å². The molecule has 0 heteroatoms. The summed E-state index contributed by atoms with van der Waals surface area (Å²) in [5.74, 6) is 0.646. The Hall–Kier alpha value is -0.260. The summed E-state index contributed by atoms with van der Waals surface area (Å²) in [5, 5.41) is 0. The van der Waals surface area contributed by atoms with Gasteiger partial charge >= 0.3 is 0 Å². The second-order valence-corrected chi connectivity index (χ2v) is 6.51. The second kappa shape index (κ2) is 4.51. The van der Waals surface area contributed by atoms with E-state index in [4.69, 9.17) is 0 Å². The van der Waals surface area contributed by atoms with Gasteiger partial charge in [0.25, 0.3) is 0 Å². The molecule has 1 atom stereocenters. The van der Waals surface area contributed by atoms with Gasteiger partial charge in [-0.05, 0) is 30.1 Å². The first-order chi connectivity index (χ1) is 6.10. The Morgan fingerprint density at radius 1 is 1.14 bits per heavy atom. The van der Waals surface area contributed by atoms with Gasteiger partial charge in [0.2, 0.25) is 0 Å². The highest BCUT2D eigenvalue weighted by Gasteiger charge is 2.31. The van der Waals surface area contributed by atoms with Crippen LogP contribution in [0.25, 0.3) is 0 Å². The van der Waals surface area contributed by atoms with E-state index in [0.29, 0.717) is 16.7 Å². The van der Waals surface area contributed by atoms with E-state index in [-0.39, 0.29) is 0 Å². The predicted octanol–water partition coefficient (Wildman–Crippen LogP) is 5.05. The van der Waals surface area contributed by atoms with Gasteiger partial charge in [0, 0.05) is 0 Å². The standard InChI is InChI=1S/C14H28/c1-9-14(7,8)12(11(2)3)10-13(4,5)6/h12H,2,9-10H2,1,3-8H3. The van der Waals surface area contributed by atoms with Crippen LogP contribution in [0.1, 0.15) is 61.3 Å². The third-order valence-electron chi connectivity index (χ3n) is 3.27. The van der Waals surface area contributed by atoms with Gasteiger partial charge in [-0.3, -0.25) is 0 Å². The molecule has 0 heterocycles. The first kappa shape index (κ1) is 13.7. The monoisotopic (exact) mass is 196 g/mol. The highest BCUT2D eigenvalue weighted by atomic mass is 14.4. The van der Waals surface area contributed by atoms with Crippen molar-refractivity contribution < 1.29 is 0 Å². The van der Waals surface area contributed by atoms with Gasteiger partial charge in [-0.15, -0.1) is 0 Å². The van der Waals surface area contributed by atoms with E-state index < -0.39 is 0 Å². The molecule has 0 aromatic rings. The molecule has 0 radical (unpaired) electrons. The van der Waals surface area contributed by atoms with Crippen molar-refractivity contribution in [3.8, 4) is 0 Å². The normalized spacial score (nSPS) is 15.4. The lowest BCUT2D eigenvalue weighted by Gasteiger charge is -2.38. The van der Waals surface area contributed by atoms with Crippen LogP contribution in [0.4, 0.5) is 0 Å². The minimum absolute atomic E-state index is 0.388. The molecule has 0 N–H and O–H groups in total. The zero-order chi connectivity index (χ0) is 11.6. The highest BCUT2D eigenvalue weighted by molar-refractivity contribution is 5.03. The fourth-order valence-electron chi connectivity index (χ4n) is 1.98. The molecule has 0 rings (SSSR count). The van der Waals surface area contributed by atoms with E-state index in [1.54, 1.807) is 0 Å². The summed E-state index contributed by atoms with van der Waals surface area (Å²) in [6.07, 6.45) is 2.46. The predicted molar refractivity (Wildman–Crippen MR) is 66.4 cm³/mol. The number of hydrogen-bond donors (Lipinski definition) is 0. The molecule has 0 saturated heterocycles. The second-order valence-electron chi connectivity index (χ2n) is 6.51. The van der Waals surface area contributed by atoms with E-state index >= 15 is 0 Å². The molecule has 0 saturated carbocycles. The maximum Gasteiger partial charge on any atom is -0.0152 e. The summed E-state index contributed by atoms with van der Waals surface area (Å²) in [6.45, 7) is 20.3. The number of allylic oxidation sites excluding steroid dienone is 1. The Balaban J connectivity index is 4.71. The fraction of sp³-hybridized carbons (Fsp3) is 0.857. The van der Waals surface area contributed by atoms with Crippen LogP contribution >= 0.6 is 0 Å². The van der Waals surface area contributed by atoms with Gasteiger partial charge in [0.1, 0.15) is 0 Å². The van der Waals surface area contributed by atoms with Crippen LogP contribution in [0.5, 0.6) is 0 Å². The lowest BCUT2D eigenvalue weighted by atomic mass is 9.67. The molecule has 1 unspecified atom stereocenters. The van der Waals surface area contributed by atoms with Gasteiger partial charge in [-0.25, -0.2) is 0 Å². The van der Waals surface area contributed by atoms with Crippen molar-refractivity contribution in [2.45, 2.75) is 61.3 Å². The van der Waals surface area contributed by atoms with Crippen molar-refractivity contribution >= 4 is 0 Å². The van der Waals surface area contributed by atoms with Crippen molar-refractivity contribution in [2.75, 3.05) is 0 Å². The average Bonchev–Trinajstić information content (AvgIpc) is 1.98. The summed E-state index contributed by atoms with van der Waals surface area (Å²) in [4.78, 5) is 0. The highest BCUT2D eigenvalue weighted by Crippen LogP contribution is 2.41. The molecule has 0 aliphatic rings. The van der Waals surface area contributed by atoms with Gasteiger partial charge in [-0.2, -0.15) is 0 Å². The van der Waals surface area contributed by atoms with Gasteiger partial charge in [0.05, 0.1) is 0 Å². The van der Waals surface area contributed by atoms with Crippen LogP contribution < -0.4 is 0 Å². The van der Waals surface area contributed by atoms with E-state index in [9.17, 15) is 0 Å². The van der Waals surface area contributed by atoms with Crippen molar-refractivity contribution in [1.82, 2.24) is 0 Å². The Morgan fingerprint density at radius 3 is 1.79 bits per heavy atom. The maximum atomic E-state index is 4.15. The number of rotatable bonds is 4. The molecule has 14 heavy (non-hydrogen) atoms. The Bertz CT molecular complexity index is 191. The smallest absolute Gasteiger partial charge is 0.0152 e. The van der Waals surface area contributed by atoms with Crippen LogP contribution in [-0.2, 0) is 0 Å². The molecule has 0 amide bonds. The average molecular weight is 196 g/mol. The zero-order valence-corrected chi connectivity index (χ0v) is 11.2. The molecule has 0 spiro atoms. The Kier molecular flexibility index (Phi) is 4.42.